The van der Waals surface area contributed by atoms with Gasteiger partial charge >= 0.3 is 0 Å². The van der Waals surface area contributed by atoms with E-state index >= 15 is 0 Å². The van der Waals surface area contributed by atoms with Crippen LogP contribution in [0.25, 0.3) is 0 Å². The fourth-order valence-corrected chi connectivity index (χ4v) is 1.29. The summed E-state index contributed by atoms with van der Waals surface area (Å²) in [6, 6.07) is 0. The quantitative estimate of drug-likeness (QED) is 0.484. The average Bonchev–Trinajstić information content (AvgIpc) is 2.31. The van der Waals surface area contributed by atoms with Gasteiger partial charge in [0.15, 0.2) is 0 Å². The Hall–Kier alpha value is -0.690. The van der Waals surface area contributed by atoms with Crippen LogP contribution in [0.1, 0.15) is 26.2 Å². The van der Waals surface area contributed by atoms with E-state index in [-0.39, 0.29) is 0 Å². The van der Waals surface area contributed by atoms with E-state index in [0.29, 0.717) is 45.9 Å². The highest BCUT2D eigenvalue weighted by Gasteiger charge is 2.24. The number of ether oxygens (including phenoxy) is 3. The van der Waals surface area contributed by atoms with Crippen molar-refractivity contribution in [2.24, 2.45) is 11.5 Å². The molecule has 0 aromatic carbocycles. The molecule has 108 valence electrons. The van der Waals surface area contributed by atoms with Gasteiger partial charge in [-0.05, 0) is 26.2 Å². The summed E-state index contributed by atoms with van der Waals surface area (Å²) in [4.78, 5) is 10.9. The molecule has 0 radical (unpaired) electrons. The Bertz CT molecular complexity index is 222. The zero-order valence-corrected chi connectivity index (χ0v) is 11.4. The van der Waals surface area contributed by atoms with Crippen LogP contribution in [0.5, 0.6) is 0 Å². The molecule has 0 aromatic heterocycles. The predicted octanol–water partition coefficient (Wildman–Crippen LogP) is 0.0390. The van der Waals surface area contributed by atoms with Crippen LogP contribution in [0.4, 0.5) is 0 Å². The topological polar surface area (TPSA) is 96.8 Å². The Morgan fingerprint density at radius 1 is 1.06 bits per heavy atom. The third-order valence-corrected chi connectivity index (χ3v) is 2.56. The van der Waals surface area contributed by atoms with Crippen LogP contribution in [0.15, 0.2) is 0 Å². The lowest BCUT2D eigenvalue weighted by atomic mass is 9.97. The van der Waals surface area contributed by atoms with Crippen molar-refractivity contribution in [3.05, 3.63) is 0 Å². The molecule has 6 nitrogen and oxygen atoms in total. The molecular weight excluding hydrogens is 236 g/mol. The molecule has 4 N–H and O–H groups in total. The fraction of sp³-hybridized carbons (Fsp3) is 0.917. The number of hydrogen-bond acceptors (Lipinski definition) is 5. The van der Waals surface area contributed by atoms with Crippen molar-refractivity contribution in [1.82, 2.24) is 0 Å². The van der Waals surface area contributed by atoms with E-state index in [1.807, 2.05) is 0 Å². The normalized spacial score (nSPS) is 14.4. The number of methoxy groups -OCH3 is 1. The third-order valence-electron chi connectivity index (χ3n) is 2.56. The molecule has 1 atom stereocenters. The summed E-state index contributed by atoms with van der Waals surface area (Å²) < 4.78 is 15.6. The molecule has 0 saturated heterocycles. The van der Waals surface area contributed by atoms with Gasteiger partial charge in [-0.25, -0.2) is 0 Å². The molecule has 18 heavy (non-hydrogen) atoms. The molecule has 0 aliphatic rings. The van der Waals surface area contributed by atoms with E-state index in [4.69, 9.17) is 25.7 Å². The van der Waals surface area contributed by atoms with Gasteiger partial charge in [0, 0.05) is 26.9 Å². The maximum Gasteiger partial charge on any atom is 0.237 e. The highest BCUT2D eigenvalue weighted by atomic mass is 16.5. The number of carbonyl (C=O) groups excluding carboxylic acids is 1. The van der Waals surface area contributed by atoms with Crippen molar-refractivity contribution in [2.45, 2.75) is 31.7 Å². The van der Waals surface area contributed by atoms with E-state index in [1.165, 1.54) is 0 Å². The molecule has 0 bridgehead atoms. The first-order valence-corrected chi connectivity index (χ1v) is 6.24. The van der Waals surface area contributed by atoms with Gasteiger partial charge in [0.2, 0.25) is 5.91 Å². The summed E-state index contributed by atoms with van der Waals surface area (Å²) in [6.07, 6.45) is 2.12. The van der Waals surface area contributed by atoms with E-state index in [9.17, 15) is 4.79 Å². The Balaban J connectivity index is 3.24. The summed E-state index contributed by atoms with van der Waals surface area (Å²) in [7, 11) is 1.67. The monoisotopic (exact) mass is 262 g/mol. The van der Waals surface area contributed by atoms with Gasteiger partial charge < -0.3 is 25.7 Å². The second kappa shape index (κ2) is 10.3. The lowest BCUT2D eigenvalue weighted by Crippen LogP contribution is -2.49. The summed E-state index contributed by atoms with van der Waals surface area (Å²) in [5, 5.41) is 0. The Labute approximate surface area is 109 Å². The molecule has 0 spiro atoms. The molecule has 1 amide bonds. The lowest BCUT2D eigenvalue weighted by molar-refractivity contribution is -0.122. The average molecular weight is 262 g/mol. The van der Waals surface area contributed by atoms with Crippen LogP contribution in [-0.2, 0) is 19.0 Å². The van der Waals surface area contributed by atoms with Crippen LogP contribution >= 0.6 is 0 Å². The number of rotatable bonds is 12. The SMILES string of the molecule is COCCCOCCOCCCC(C)(N)C(N)=O. The first-order chi connectivity index (χ1) is 8.50. The van der Waals surface area contributed by atoms with Gasteiger partial charge in [-0.15, -0.1) is 0 Å². The van der Waals surface area contributed by atoms with Crippen molar-refractivity contribution in [1.29, 1.82) is 0 Å². The number of primary amides is 1. The zero-order chi connectivity index (χ0) is 13.9. The van der Waals surface area contributed by atoms with Gasteiger partial charge in [-0.2, -0.15) is 0 Å². The Morgan fingerprint density at radius 2 is 1.61 bits per heavy atom. The molecule has 0 rings (SSSR count). The minimum absolute atomic E-state index is 0.482. The Morgan fingerprint density at radius 3 is 2.11 bits per heavy atom. The van der Waals surface area contributed by atoms with Gasteiger partial charge in [0.05, 0.1) is 18.8 Å². The van der Waals surface area contributed by atoms with Crippen molar-refractivity contribution in [3.8, 4) is 0 Å². The molecule has 0 aliphatic heterocycles. The molecule has 0 fully saturated rings. The van der Waals surface area contributed by atoms with E-state index < -0.39 is 11.4 Å². The minimum Gasteiger partial charge on any atom is -0.385 e. The molecule has 0 aromatic rings. The molecule has 0 heterocycles. The van der Waals surface area contributed by atoms with E-state index in [0.717, 1.165) is 6.42 Å². The lowest BCUT2D eigenvalue weighted by Gasteiger charge is -2.19. The zero-order valence-electron chi connectivity index (χ0n) is 11.4. The van der Waals surface area contributed by atoms with Crippen LogP contribution < -0.4 is 11.5 Å². The number of carbonyl (C=O) groups is 1. The van der Waals surface area contributed by atoms with Gasteiger partial charge in [0.1, 0.15) is 0 Å². The summed E-state index contributed by atoms with van der Waals surface area (Å²) in [5.41, 5.74) is 9.91. The molecule has 1 unspecified atom stereocenters. The van der Waals surface area contributed by atoms with Crippen LogP contribution in [0, 0.1) is 0 Å². The first-order valence-electron chi connectivity index (χ1n) is 6.24. The summed E-state index contributed by atoms with van der Waals surface area (Å²) in [6.45, 7) is 4.70. The second-order valence-electron chi connectivity index (χ2n) is 4.46. The Kier molecular flexibility index (Phi) is 9.86. The molecule has 0 saturated carbocycles. The van der Waals surface area contributed by atoms with Crippen molar-refractivity contribution in [2.75, 3.05) is 40.1 Å². The van der Waals surface area contributed by atoms with Crippen molar-refractivity contribution >= 4 is 5.91 Å². The number of nitrogens with two attached hydrogens (primary N) is 2. The second-order valence-corrected chi connectivity index (χ2v) is 4.46. The standard InChI is InChI=1S/C12H26N2O4/c1-12(14,11(13)15)5-3-7-17-9-10-18-8-4-6-16-2/h3-10,14H2,1-2H3,(H2,13,15). The first kappa shape index (κ1) is 17.3. The molecular formula is C12H26N2O4. The number of amides is 1. The molecule has 6 heteroatoms. The maximum absolute atomic E-state index is 10.9. The summed E-state index contributed by atoms with van der Waals surface area (Å²) >= 11 is 0. The third kappa shape index (κ3) is 9.35. The van der Waals surface area contributed by atoms with Crippen LogP contribution in [0.3, 0.4) is 0 Å². The largest absolute Gasteiger partial charge is 0.385 e. The van der Waals surface area contributed by atoms with Gasteiger partial charge in [-0.1, -0.05) is 0 Å². The highest BCUT2D eigenvalue weighted by Crippen LogP contribution is 2.07. The van der Waals surface area contributed by atoms with Crippen LogP contribution in [-0.4, -0.2) is 51.6 Å². The smallest absolute Gasteiger partial charge is 0.237 e. The van der Waals surface area contributed by atoms with E-state index in [1.54, 1.807) is 14.0 Å². The molecule has 0 aliphatic carbocycles. The fourth-order valence-electron chi connectivity index (χ4n) is 1.29. The van der Waals surface area contributed by atoms with Crippen LogP contribution in [0.2, 0.25) is 0 Å². The van der Waals surface area contributed by atoms with Gasteiger partial charge in [-0.3, -0.25) is 4.79 Å². The van der Waals surface area contributed by atoms with Crippen molar-refractivity contribution in [3.63, 3.8) is 0 Å². The van der Waals surface area contributed by atoms with Crippen molar-refractivity contribution < 1.29 is 19.0 Å². The summed E-state index contributed by atoms with van der Waals surface area (Å²) in [5.74, 6) is -0.482. The minimum atomic E-state index is -0.944. The van der Waals surface area contributed by atoms with E-state index in [2.05, 4.69) is 0 Å². The maximum atomic E-state index is 10.9. The predicted molar refractivity (Wildman–Crippen MR) is 69.2 cm³/mol. The highest BCUT2D eigenvalue weighted by molar-refractivity contribution is 5.83. The number of hydrogen-bond donors (Lipinski definition) is 2. The van der Waals surface area contributed by atoms with Gasteiger partial charge in [0.25, 0.3) is 0 Å².